The number of nitrogens with zero attached hydrogens (tertiary/aromatic N) is 3. The number of aromatic amines is 1. The number of rotatable bonds is 5. The number of aliphatic hydroxyl groups is 1. The number of nitrogen functional groups attached to an aromatic ring is 1. The first-order valence-corrected chi connectivity index (χ1v) is 5.70. The van der Waals surface area contributed by atoms with Gasteiger partial charge in [-0.25, -0.2) is 5.84 Å². The van der Waals surface area contributed by atoms with Crippen molar-refractivity contribution in [2.45, 2.75) is 19.9 Å². The van der Waals surface area contributed by atoms with Crippen molar-refractivity contribution in [3.63, 3.8) is 0 Å². The first kappa shape index (κ1) is 12.5. The standard InChI is InChI=1S/C10H17N7O/c1-5(2)7(4-18)13-8-6-3-12-17-9(6)15-10(14-8)16-11/h3,5,7,18H,4,11H2,1-2H3,(H3,12,13,14,15,16,17)/t7-/m1/s1. The number of hydrogen-bond donors (Lipinski definition) is 5. The SMILES string of the molecule is CC(C)[C@@H](CO)Nc1nc(NN)nc2[nH]ncc12. The summed E-state index contributed by atoms with van der Waals surface area (Å²) >= 11 is 0. The highest BCUT2D eigenvalue weighted by Gasteiger charge is 2.16. The molecule has 1 atom stereocenters. The zero-order valence-electron chi connectivity index (χ0n) is 10.3. The van der Waals surface area contributed by atoms with Crippen molar-refractivity contribution < 1.29 is 5.11 Å². The normalized spacial score (nSPS) is 12.9. The molecule has 6 N–H and O–H groups in total. The maximum Gasteiger partial charge on any atom is 0.241 e. The fourth-order valence-electron chi connectivity index (χ4n) is 1.61. The van der Waals surface area contributed by atoms with Gasteiger partial charge in [-0.15, -0.1) is 0 Å². The molecule has 18 heavy (non-hydrogen) atoms. The lowest BCUT2D eigenvalue weighted by molar-refractivity contribution is 0.249. The summed E-state index contributed by atoms with van der Waals surface area (Å²) in [5.41, 5.74) is 2.98. The molecule has 0 aromatic carbocycles. The molecule has 0 saturated heterocycles. The Hall–Kier alpha value is -1.93. The second-order valence-corrected chi connectivity index (χ2v) is 4.35. The van der Waals surface area contributed by atoms with Gasteiger partial charge in [0, 0.05) is 0 Å². The molecule has 0 spiro atoms. The van der Waals surface area contributed by atoms with Crippen LogP contribution in [0.25, 0.3) is 11.0 Å². The van der Waals surface area contributed by atoms with Crippen molar-refractivity contribution in [2.24, 2.45) is 11.8 Å². The maximum atomic E-state index is 9.34. The van der Waals surface area contributed by atoms with Crippen LogP contribution < -0.4 is 16.6 Å². The van der Waals surface area contributed by atoms with Crippen LogP contribution in [-0.2, 0) is 0 Å². The molecular weight excluding hydrogens is 234 g/mol. The summed E-state index contributed by atoms with van der Waals surface area (Å²) in [4.78, 5) is 8.36. The van der Waals surface area contributed by atoms with E-state index in [4.69, 9.17) is 5.84 Å². The largest absolute Gasteiger partial charge is 0.394 e. The van der Waals surface area contributed by atoms with Gasteiger partial charge in [-0.3, -0.25) is 10.5 Å². The van der Waals surface area contributed by atoms with Crippen molar-refractivity contribution in [3.8, 4) is 0 Å². The average Bonchev–Trinajstić information content (AvgIpc) is 2.83. The number of nitrogens with one attached hydrogen (secondary N) is 3. The van der Waals surface area contributed by atoms with E-state index in [0.717, 1.165) is 5.39 Å². The third kappa shape index (κ3) is 2.34. The van der Waals surface area contributed by atoms with Gasteiger partial charge in [-0.05, 0) is 5.92 Å². The van der Waals surface area contributed by atoms with Crippen LogP contribution in [0.15, 0.2) is 6.20 Å². The molecule has 0 aliphatic heterocycles. The summed E-state index contributed by atoms with van der Waals surface area (Å²) in [5.74, 6) is 6.46. The second kappa shape index (κ2) is 5.15. The minimum atomic E-state index is -0.0939. The Labute approximate surface area is 104 Å². The quantitative estimate of drug-likeness (QED) is 0.376. The summed E-state index contributed by atoms with van der Waals surface area (Å²) in [6.45, 7) is 4.06. The lowest BCUT2D eigenvalue weighted by Gasteiger charge is -2.20. The van der Waals surface area contributed by atoms with Crippen LogP contribution >= 0.6 is 0 Å². The molecule has 0 bridgehead atoms. The summed E-state index contributed by atoms with van der Waals surface area (Å²) in [7, 11) is 0. The van der Waals surface area contributed by atoms with Crippen LogP contribution in [0, 0.1) is 5.92 Å². The van der Waals surface area contributed by atoms with E-state index in [1.54, 1.807) is 6.20 Å². The minimum absolute atomic E-state index is 0.0202. The average molecular weight is 251 g/mol. The number of fused-ring (bicyclic) bond motifs is 1. The first-order valence-electron chi connectivity index (χ1n) is 5.70. The van der Waals surface area contributed by atoms with E-state index in [1.165, 1.54) is 0 Å². The maximum absolute atomic E-state index is 9.34. The van der Waals surface area contributed by atoms with E-state index >= 15 is 0 Å². The van der Waals surface area contributed by atoms with Crippen molar-refractivity contribution >= 4 is 22.8 Å². The smallest absolute Gasteiger partial charge is 0.241 e. The van der Waals surface area contributed by atoms with Crippen molar-refractivity contribution in [2.75, 3.05) is 17.3 Å². The number of hydrogen-bond acceptors (Lipinski definition) is 7. The lowest BCUT2D eigenvalue weighted by Crippen LogP contribution is -2.30. The number of nitrogens with two attached hydrogens (primary N) is 1. The molecule has 2 aromatic rings. The molecule has 8 nitrogen and oxygen atoms in total. The van der Waals surface area contributed by atoms with Crippen molar-refractivity contribution in [1.29, 1.82) is 0 Å². The highest BCUT2D eigenvalue weighted by molar-refractivity contribution is 5.87. The predicted octanol–water partition coefficient (Wildman–Crippen LogP) is 0.0673. The monoisotopic (exact) mass is 251 g/mol. The first-order chi connectivity index (χ1) is 8.65. The summed E-state index contributed by atoms with van der Waals surface area (Å²) in [6, 6.07) is -0.0939. The van der Waals surface area contributed by atoms with Crippen LogP contribution in [0.1, 0.15) is 13.8 Å². The van der Waals surface area contributed by atoms with Gasteiger partial charge in [-0.2, -0.15) is 15.1 Å². The molecule has 0 saturated carbocycles. The van der Waals surface area contributed by atoms with Gasteiger partial charge < -0.3 is 10.4 Å². The van der Waals surface area contributed by atoms with E-state index in [2.05, 4.69) is 30.9 Å². The number of aromatic nitrogens is 4. The molecule has 0 fully saturated rings. The van der Waals surface area contributed by atoms with Gasteiger partial charge in [0.05, 0.1) is 24.2 Å². The molecule has 0 unspecified atom stereocenters. The van der Waals surface area contributed by atoms with E-state index in [0.29, 0.717) is 11.5 Å². The number of H-pyrrole nitrogens is 1. The number of aliphatic hydroxyl groups excluding tert-OH is 1. The Morgan fingerprint density at radius 3 is 2.83 bits per heavy atom. The van der Waals surface area contributed by atoms with E-state index in [1.807, 2.05) is 13.8 Å². The van der Waals surface area contributed by atoms with Crippen LogP contribution in [0.2, 0.25) is 0 Å². The van der Waals surface area contributed by atoms with Gasteiger partial charge in [0.15, 0.2) is 5.65 Å². The molecule has 8 heteroatoms. The van der Waals surface area contributed by atoms with Crippen LogP contribution in [0.4, 0.5) is 11.8 Å². The Bertz CT molecular complexity index is 524. The molecule has 0 aliphatic rings. The van der Waals surface area contributed by atoms with Gasteiger partial charge in [0.1, 0.15) is 5.82 Å². The van der Waals surface area contributed by atoms with E-state index in [-0.39, 0.29) is 24.5 Å². The molecule has 0 amide bonds. The molecule has 0 radical (unpaired) electrons. The van der Waals surface area contributed by atoms with Gasteiger partial charge in [0.2, 0.25) is 5.95 Å². The van der Waals surface area contributed by atoms with E-state index < -0.39 is 0 Å². The molecule has 2 rings (SSSR count). The fourth-order valence-corrected chi connectivity index (χ4v) is 1.61. The summed E-state index contributed by atoms with van der Waals surface area (Å²) in [5, 5.41) is 19.9. The Morgan fingerprint density at radius 2 is 2.22 bits per heavy atom. The minimum Gasteiger partial charge on any atom is -0.394 e. The molecular formula is C10H17N7O. The van der Waals surface area contributed by atoms with Crippen molar-refractivity contribution in [1.82, 2.24) is 20.2 Å². The fraction of sp³-hybridized carbons (Fsp3) is 0.500. The van der Waals surface area contributed by atoms with Crippen LogP contribution in [-0.4, -0.2) is 37.9 Å². The molecule has 2 heterocycles. The molecule has 0 aliphatic carbocycles. The second-order valence-electron chi connectivity index (χ2n) is 4.35. The third-order valence-corrected chi connectivity index (χ3v) is 2.76. The van der Waals surface area contributed by atoms with Gasteiger partial charge >= 0.3 is 0 Å². The van der Waals surface area contributed by atoms with Crippen molar-refractivity contribution in [3.05, 3.63) is 6.20 Å². The number of anilines is 2. The van der Waals surface area contributed by atoms with Crippen LogP contribution in [0.3, 0.4) is 0 Å². The van der Waals surface area contributed by atoms with Gasteiger partial charge in [0.25, 0.3) is 0 Å². The zero-order chi connectivity index (χ0) is 13.1. The highest BCUT2D eigenvalue weighted by atomic mass is 16.3. The summed E-state index contributed by atoms with van der Waals surface area (Å²) in [6.07, 6.45) is 1.63. The highest BCUT2D eigenvalue weighted by Crippen LogP contribution is 2.21. The molecule has 2 aromatic heterocycles. The zero-order valence-corrected chi connectivity index (χ0v) is 10.3. The van der Waals surface area contributed by atoms with Gasteiger partial charge in [-0.1, -0.05) is 13.8 Å². The Balaban J connectivity index is 2.39. The number of hydrazine groups is 1. The molecule has 98 valence electrons. The Morgan fingerprint density at radius 1 is 1.44 bits per heavy atom. The summed E-state index contributed by atoms with van der Waals surface area (Å²) < 4.78 is 0. The lowest BCUT2D eigenvalue weighted by atomic mass is 10.1. The third-order valence-electron chi connectivity index (χ3n) is 2.76. The van der Waals surface area contributed by atoms with E-state index in [9.17, 15) is 5.11 Å². The van der Waals surface area contributed by atoms with Crippen LogP contribution in [0.5, 0.6) is 0 Å². The predicted molar refractivity (Wildman–Crippen MR) is 68.8 cm³/mol. The Kier molecular flexibility index (Phi) is 3.58. The topological polar surface area (TPSA) is 125 Å².